The summed E-state index contributed by atoms with van der Waals surface area (Å²) < 4.78 is 25.0. The van der Waals surface area contributed by atoms with Gasteiger partial charge in [0.2, 0.25) is 5.67 Å². The van der Waals surface area contributed by atoms with Crippen molar-refractivity contribution in [2.45, 2.75) is 57.2 Å². The van der Waals surface area contributed by atoms with E-state index in [1.807, 2.05) is 0 Å². The minimum Gasteiger partial charge on any atom is -0.466 e. The van der Waals surface area contributed by atoms with Crippen molar-refractivity contribution < 1.29 is 23.5 Å². The summed E-state index contributed by atoms with van der Waals surface area (Å²) in [6.45, 7) is 5.38. The molecule has 6 heteroatoms. The zero-order valence-corrected chi connectivity index (χ0v) is 13.9. The molecule has 5 nitrogen and oxygen atoms in total. The van der Waals surface area contributed by atoms with Crippen molar-refractivity contribution in [1.82, 2.24) is 4.98 Å². The van der Waals surface area contributed by atoms with Crippen molar-refractivity contribution in [1.29, 1.82) is 0 Å². The van der Waals surface area contributed by atoms with Crippen LogP contribution in [0.25, 0.3) is 0 Å². The van der Waals surface area contributed by atoms with E-state index in [1.54, 1.807) is 26.8 Å². The Bertz CT molecular complexity index is 611. The molecular formula is C17H22FNO4. The Balaban J connectivity index is 2.27. The maximum Gasteiger partial charge on any atom is 0.348 e. The first-order valence-electron chi connectivity index (χ1n) is 7.62. The van der Waals surface area contributed by atoms with Crippen LogP contribution in [0.2, 0.25) is 0 Å². The normalized spacial score (nSPS) is 23.8. The monoisotopic (exact) mass is 323 g/mol. The number of aromatic nitrogens is 1. The van der Waals surface area contributed by atoms with Crippen LogP contribution >= 0.6 is 0 Å². The number of fused-ring (bicyclic) bond motifs is 1. The minimum atomic E-state index is -2.21. The van der Waals surface area contributed by atoms with E-state index in [9.17, 15) is 9.59 Å². The van der Waals surface area contributed by atoms with Crippen molar-refractivity contribution in [2.24, 2.45) is 0 Å². The van der Waals surface area contributed by atoms with Crippen molar-refractivity contribution in [2.75, 3.05) is 7.11 Å². The largest absolute Gasteiger partial charge is 0.466 e. The average molecular weight is 323 g/mol. The van der Waals surface area contributed by atoms with E-state index in [0.717, 1.165) is 7.11 Å². The van der Waals surface area contributed by atoms with Crippen molar-refractivity contribution in [3.63, 3.8) is 0 Å². The second-order valence-corrected chi connectivity index (χ2v) is 6.76. The van der Waals surface area contributed by atoms with Crippen molar-refractivity contribution in [3.8, 4) is 0 Å². The molecule has 1 aliphatic carbocycles. The molecule has 23 heavy (non-hydrogen) atoms. The quantitative estimate of drug-likeness (QED) is 0.800. The number of esters is 2. The van der Waals surface area contributed by atoms with Crippen molar-refractivity contribution >= 4 is 11.9 Å². The number of pyridine rings is 1. The SMILES string of the molecule is COC(=O)C1(F)CCC(CC(=O)OC(C)(C)C)c2ncccc21. The topological polar surface area (TPSA) is 65.5 Å². The molecule has 0 spiro atoms. The summed E-state index contributed by atoms with van der Waals surface area (Å²) >= 11 is 0. The molecule has 0 saturated heterocycles. The molecule has 2 rings (SSSR count). The number of nitrogens with zero attached hydrogens (tertiary/aromatic N) is 1. The van der Waals surface area contributed by atoms with E-state index >= 15 is 4.39 Å². The van der Waals surface area contributed by atoms with Gasteiger partial charge in [0, 0.05) is 17.7 Å². The number of halogens is 1. The lowest BCUT2D eigenvalue weighted by molar-refractivity contribution is -0.157. The molecule has 2 atom stereocenters. The molecule has 0 amide bonds. The van der Waals surface area contributed by atoms with Gasteiger partial charge >= 0.3 is 11.9 Å². The maximum absolute atomic E-state index is 15.1. The minimum absolute atomic E-state index is 0.0359. The predicted octanol–water partition coefficient (Wildman–Crippen LogP) is 3.03. The van der Waals surface area contributed by atoms with E-state index in [1.165, 1.54) is 12.3 Å². The fourth-order valence-corrected chi connectivity index (χ4v) is 2.88. The molecule has 0 aromatic carbocycles. The maximum atomic E-state index is 15.1. The number of hydrogen-bond acceptors (Lipinski definition) is 5. The molecule has 1 aromatic rings. The van der Waals surface area contributed by atoms with Crippen molar-refractivity contribution in [3.05, 3.63) is 29.6 Å². The fraction of sp³-hybridized carbons (Fsp3) is 0.588. The van der Waals surface area contributed by atoms with Gasteiger partial charge in [-0.25, -0.2) is 9.18 Å². The van der Waals surface area contributed by atoms with Crippen LogP contribution in [0.4, 0.5) is 4.39 Å². The second-order valence-electron chi connectivity index (χ2n) is 6.76. The number of methoxy groups -OCH3 is 1. The molecule has 0 aliphatic heterocycles. The van der Waals surface area contributed by atoms with Gasteiger partial charge in [-0.15, -0.1) is 0 Å². The molecule has 1 aromatic heterocycles. The second kappa shape index (κ2) is 6.26. The predicted molar refractivity (Wildman–Crippen MR) is 81.5 cm³/mol. The zero-order valence-electron chi connectivity index (χ0n) is 13.9. The highest BCUT2D eigenvalue weighted by molar-refractivity contribution is 5.82. The van der Waals surface area contributed by atoms with E-state index in [0.29, 0.717) is 12.1 Å². The average Bonchev–Trinajstić information content (AvgIpc) is 2.48. The summed E-state index contributed by atoms with van der Waals surface area (Å²) in [4.78, 5) is 28.1. The van der Waals surface area contributed by atoms with Gasteiger partial charge in [-0.1, -0.05) is 6.07 Å². The highest BCUT2D eigenvalue weighted by Crippen LogP contribution is 2.45. The number of carbonyl (C=O) groups is 2. The number of alkyl halides is 1. The zero-order chi connectivity index (χ0) is 17.3. The molecule has 0 N–H and O–H groups in total. The summed E-state index contributed by atoms with van der Waals surface area (Å²) in [5, 5.41) is 0. The third-order valence-corrected chi connectivity index (χ3v) is 3.83. The van der Waals surface area contributed by atoms with Gasteiger partial charge in [0.1, 0.15) is 5.60 Å². The molecule has 2 unspecified atom stereocenters. The van der Waals surface area contributed by atoms with Crippen LogP contribution in [0.15, 0.2) is 18.3 Å². The number of hydrogen-bond donors (Lipinski definition) is 0. The Morgan fingerprint density at radius 1 is 1.43 bits per heavy atom. The fourth-order valence-electron chi connectivity index (χ4n) is 2.88. The van der Waals surface area contributed by atoms with Gasteiger partial charge in [0.15, 0.2) is 0 Å². The summed E-state index contributed by atoms with van der Waals surface area (Å²) in [5.74, 6) is -1.56. The standard InChI is InChI=1S/C17H22FNO4/c1-16(2,3)23-13(20)10-11-7-8-17(18,15(21)22-4)12-6-5-9-19-14(11)12/h5-6,9,11H,7-8,10H2,1-4H3. The number of ether oxygens (including phenoxy) is 2. The smallest absolute Gasteiger partial charge is 0.348 e. The summed E-state index contributed by atoms with van der Waals surface area (Å²) in [6.07, 6.45) is 1.93. The van der Waals surface area contributed by atoms with Crippen LogP contribution in [0.3, 0.4) is 0 Å². The highest BCUT2D eigenvalue weighted by atomic mass is 19.1. The molecule has 0 radical (unpaired) electrons. The van der Waals surface area contributed by atoms with Crippen LogP contribution in [0, 0.1) is 0 Å². The summed E-state index contributed by atoms with van der Waals surface area (Å²) in [5.41, 5.74) is -2.17. The van der Waals surface area contributed by atoms with Gasteiger partial charge < -0.3 is 9.47 Å². The lowest BCUT2D eigenvalue weighted by Crippen LogP contribution is -2.38. The third kappa shape index (κ3) is 3.68. The molecular weight excluding hydrogens is 301 g/mol. The highest BCUT2D eigenvalue weighted by Gasteiger charge is 2.48. The van der Waals surface area contributed by atoms with E-state index in [4.69, 9.17) is 4.74 Å². The number of rotatable bonds is 3. The van der Waals surface area contributed by atoms with Gasteiger partial charge in [0.25, 0.3) is 0 Å². The van der Waals surface area contributed by atoms with Crippen LogP contribution in [-0.4, -0.2) is 29.6 Å². The van der Waals surface area contributed by atoms with E-state index < -0.39 is 17.2 Å². The van der Waals surface area contributed by atoms with E-state index in [-0.39, 0.29) is 30.3 Å². The van der Waals surface area contributed by atoms with Crippen LogP contribution in [-0.2, 0) is 24.7 Å². The van der Waals surface area contributed by atoms with Crippen LogP contribution < -0.4 is 0 Å². The third-order valence-electron chi connectivity index (χ3n) is 3.83. The molecule has 126 valence electrons. The number of carbonyl (C=O) groups excluding carboxylic acids is 2. The first kappa shape index (κ1) is 17.4. The molecule has 0 fully saturated rings. The molecule has 0 saturated carbocycles. The van der Waals surface area contributed by atoms with Gasteiger partial charge in [-0.05, 0) is 39.7 Å². The first-order valence-corrected chi connectivity index (χ1v) is 7.62. The van der Waals surface area contributed by atoms with Gasteiger partial charge in [-0.3, -0.25) is 9.78 Å². The lowest BCUT2D eigenvalue weighted by Gasteiger charge is -2.33. The molecule has 0 bridgehead atoms. The molecule has 1 heterocycles. The first-order chi connectivity index (χ1) is 10.7. The Morgan fingerprint density at radius 2 is 2.13 bits per heavy atom. The van der Waals surface area contributed by atoms with Gasteiger partial charge in [-0.2, -0.15) is 0 Å². The molecule has 1 aliphatic rings. The summed E-state index contributed by atoms with van der Waals surface area (Å²) in [7, 11) is 1.16. The van der Waals surface area contributed by atoms with Crippen LogP contribution in [0.5, 0.6) is 0 Å². The van der Waals surface area contributed by atoms with Gasteiger partial charge in [0.05, 0.1) is 19.2 Å². The summed E-state index contributed by atoms with van der Waals surface area (Å²) in [6, 6.07) is 3.10. The Hall–Kier alpha value is -1.98. The Kier molecular flexibility index (Phi) is 4.73. The Labute approximate surface area is 135 Å². The van der Waals surface area contributed by atoms with E-state index in [2.05, 4.69) is 9.72 Å². The lowest BCUT2D eigenvalue weighted by atomic mass is 9.76. The Morgan fingerprint density at radius 3 is 2.74 bits per heavy atom. The van der Waals surface area contributed by atoms with Crippen LogP contribution in [0.1, 0.15) is 57.2 Å².